The third-order valence-electron chi connectivity index (χ3n) is 0.260. The number of allylic oxidation sites excluding steroid dienone is 3. The van der Waals surface area contributed by atoms with Crippen molar-refractivity contribution < 1.29 is 37.5 Å². The van der Waals surface area contributed by atoms with Crippen LogP contribution in [0, 0.1) is 12.7 Å². The van der Waals surface area contributed by atoms with Crippen molar-refractivity contribution in [3.63, 3.8) is 0 Å². The van der Waals surface area contributed by atoms with Crippen molar-refractivity contribution in [2.24, 2.45) is 0 Å². The zero-order chi connectivity index (χ0) is 4.83. The van der Waals surface area contributed by atoms with Gasteiger partial charge < -0.3 is 29.6 Å². The largest absolute Gasteiger partial charge is 0.394 e. The fourth-order valence-corrected chi connectivity index (χ4v) is 0.0948. The van der Waals surface area contributed by atoms with E-state index in [-0.39, 0.29) is 32.7 Å². The molecule has 0 heterocycles. The Kier molecular flexibility index (Phi) is 14.0. The number of aldehydes is 1. The van der Waals surface area contributed by atoms with Crippen molar-refractivity contribution in [3.8, 4) is 0 Å². The second-order valence-corrected chi connectivity index (χ2v) is 0.644. The van der Waals surface area contributed by atoms with Gasteiger partial charge in [-0.2, -0.15) is 0 Å². The fraction of sp³-hybridized carbons (Fsp3) is 0. The summed E-state index contributed by atoms with van der Waals surface area (Å²) >= 11 is 0. The normalized spacial score (nSPS) is 7.43. The Labute approximate surface area is 68.4 Å². The van der Waals surface area contributed by atoms with Gasteiger partial charge in [0.15, 0.2) is 0 Å². The molecule has 35 valence electrons. The Hall–Kier alpha value is 0.254. The Balaban J connectivity index is 0. The standard InChI is InChI=1S/C5H4O.Y/c1-2-3-4-5-6;/h1-3,5H;/q-2;. The first-order valence-electron chi connectivity index (χ1n) is 1.48. The predicted octanol–water partition coefficient (Wildman–Crippen LogP) is 0.531. The van der Waals surface area contributed by atoms with Gasteiger partial charge in [0.25, 0.3) is 0 Å². The minimum absolute atomic E-state index is 0. The maximum absolute atomic E-state index is 9.35. The number of hydrogen-bond donors (Lipinski definition) is 0. The van der Waals surface area contributed by atoms with Crippen LogP contribution in [-0.2, 0) is 37.5 Å². The summed E-state index contributed by atoms with van der Waals surface area (Å²) < 4.78 is 0. The van der Waals surface area contributed by atoms with E-state index in [0.29, 0.717) is 6.29 Å². The Morgan fingerprint density at radius 2 is 2.14 bits per heavy atom. The molecule has 0 fully saturated rings. The van der Waals surface area contributed by atoms with Crippen molar-refractivity contribution in [3.05, 3.63) is 24.8 Å². The van der Waals surface area contributed by atoms with Crippen LogP contribution in [0.1, 0.15) is 0 Å². The van der Waals surface area contributed by atoms with Gasteiger partial charge in [0.05, 0.1) is 0 Å². The van der Waals surface area contributed by atoms with Crippen molar-refractivity contribution >= 4 is 6.29 Å². The number of hydrogen-bond acceptors (Lipinski definition) is 1. The Morgan fingerprint density at radius 3 is 2.29 bits per heavy atom. The Morgan fingerprint density at radius 1 is 1.57 bits per heavy atom. The van der Waals surface area contributed by atoms with E-state index in [1.807, 2.05) is 0 Å². The summed E-state index contributed by atoms with van der Waals surface area (Å²) in [4.78, 5) is 9.35. The van der Waals surface area contributed by atoms with E-state index in [9.17, 15) is 4.79 Å². The third-order valence-corrected chi connectivity index (χ3v) is 0.260. The maximum Gasteiger partial charge on any atom is 0.0353 e. The monoisotopic (exact) mass is 169 g/mol. The number of carbonyl (C=O) groups excluding carboxylic acids is 1. The molecule has 0 aromatic rings. The molecule has 0 saturated carbocycles. The van der Waals surface area contributed by atoms with Crippen molar-refractivity contribution in [1.29, 1.82) is 0 Å². The van der Waals surface area contributed by atoms with Crippen LogP contribution in [0.25, 0.3) is 0 Å². The van der Waals surface area contributed by atoms with E-state index in [0.717, 1.165) is 0 Å². The summed E-state index contributed by atoms with van der Waals surface area (Å²) in [5.74, 6) is 0. The van der Waals surface area contributed by atoms with Gasteiger partial charge >= 0.3 is 0 Å². The van der Waals surface area contributed by atoms with Crippen LogP contribution in [0.3, 0.4) is 0 Å². The summed E-state index contributed by atoms with van der Waals surface area (Å²) in [6, 6.07) is 0. The van der Waals surface area contributed by atoms with Crippen molar-refractivity contribution in [2.75, 3.05) is 0 Å². The van der Waals surface area contributed by atoms with Gasteiger partial charge in [0.2, 0.25) is 0 Å². The summed E-state index contributed by atoms with van der Waals surface area (Å²) in [6.45, 7) is 4.81. The quantitative estimate of drug-likeness (QED) is 0.255. The number of rotatable bonds is 2. The summed E-state index contributed by atoms with van der Waals surface area (Å²) in [5.41, 5.74) is 0. The first-order valence-corrected chi connectivity index (χ1v) is 1.48. The third kappa shape index (κ3) is 10.7. The second-order valence-electron chi connectivity index (χ2n) is 0.644. The molecular weight excluding hydrogens is 165 g/mol. The molecule has 0 rings (SSSR count). The molecule has 1 radical (unpaired) electrons. The van der Waals surface area contributed by atoms with Crippen LogP contribution in [0.2, 0.25) is 0 Å². The molecule has 0 atom stereocenters. The number of carbonyl (C=O) groups is 1. The van der Waals surface area contributed by atoms with Crippen LogP contribution < -0.4 is 0 Å². The molecule has 0 N–H and O–H groups in total. The topological polar surface area (TPSA) is 17.1 Å². The summed E-state index contributed by atoms with van der Waals surface area (Å²) in [5, 5.41) is 0. The van der Waals surface area contributed by atoms with Crippen molar-refractivity contribution in [1.82, 2.24) is 0 Å². The van der Waals surface area contributed by atoms with Gasteiger partial charge in [-0.15, -0.1) is 0 Å². The SMILES string of the molecule is [CH-]=CC=[C-]C=O.[Y]. The molecule has 0 aromatic heterocycles. The first-order chi connectivity index (χ1) is 2.91. The average Bonchev–Trinajstić information content (AvgIpc) is 1.61. The summed E-state index contributed by atoms with van der Waals surface area (Å²) in [7, 11) is 0. The smallest absolute Gasteiger partial charge is 0.0353 e. The molecule has 0 spiro atoms. The van der Waals surface area contributed by atoms with E-state index in [4.69, 9.17) is 6.58 Å². The van der Waals surface area contributed by atoms with Crippen LogP contribution in [0.4, 0.5) is 0 Å². The molecule has 0 aromatic carbocycles. The predicted molar refractivity (Wildman–Crippen MR) is 22.7 cm³/mol. The van der Waals surface area contributed by atoms with Gasteiger partial charge in [-0.3, -0.25) is 0 Å². The molecule has 0 aliphatic heterocycles. The average molecular weight is 169 g/mol. The minimum Gasteiger partial charge on any atom is -0.394 e. The fourth-order valence-electron chi connectivity index (χ4n) is 0.0948. The first kappa shape index (κ1) is 10.3. The molecule has 0 unspecified atom stereocenters. The minimum atomic E-state index is 0. The van der Waals surface area contributed by atoms with Gasteiger partial charge in [-0.05, 0) is 0 Å². The molecule has 0 bridgehead atoms. The van der Waals surface area contributed by atoms with Crippen LogP contribution in [0.5, 0.6) is 0 Å². The van der Waals surface area contributed by atoms with Crippen LogP contribution in [0.15, 0.2) is 12.2 Å². The van der Waals surface area contributed by atoms with E-state index >= 15 is 0 Å². The molecule has 0 aliphatic rings. The molecule has 0 aliphatic carbocycles. The van der Waals surface area contributed by atoms with Crippen molar-refractivity contribution in [2.45, 2.75) is 0 Å². The molecule has 0 amide bonds. The maximum atomic E-state index is 9.35. The van der Waals surface area contributed by atoms with E-state index in [2.05, 4.69) is 6.08 Å². The molecule has 0 saturated heterocycles. The van der Waals surface area contributed by atoms with Gasteiger partial charge in [-0.25, -0.2) is 0 Å². The van der Waals surface area contributed by atoms with E-state index < -0.39 is 0 Å². The molecule has 2 heteroatoms. The van der Waals surface area contributed by atoms with Gasteiger partial charge in [-0.1, -0.05) is 0 Å². The van der Waals surface area contributed by atoms with Crippen LogP contribution in [-0.4, -0.2) is 6.29 Å². The Bertz CT molecular complexity index is 66.1. The van der Waals surface area contributed by atoms with E-state index in [1.54, 1.807) is 0 Å². The van der Waals surface area contributed by atoms with Crippen LogP contribution >= 0.6 is 0 Å². The van der Waals surface area contributed by atoms with Gasteiger partial charge in [0, 0.05) is 39.0 Å². The molecular formula is C5H4OY-2. The molecule has 7 heavy (non-hydrogen) atoms. The summed E-state index contributed by atoms with van der Waals surface area (Å²) in [6.07, 6.45) is 5.34. The van der Waals surface area contributed by atoms with Gasteiger partial charge in [0.1, 0.15) is 0 Å². The van der Waals surface area contributed by atoms with E-state index in [1.165, 1.54) is 12.2 Å². The second kappa shape index (κ2) is 9.54. The zero-order valence-electron chi connectivity index (χ0n) is 3.79. The zero-order valence-corrected chi connectivity index (χ0v) is 6.63. The molecule has 1 nitrogen and oxygen atoms in total.